The molecule has 0 aliphatic rings. The summed E-state index contributed by atoms with van der Waals surface area (Å²) >= 11 is 24.4. The van der Waals surface area contributed by atoms with Crippen LogP contribution in [0.4, 0.5) is 0 Å². The van der Waals surface area contributed by atoms with Crippen LogP contribution in [0.2, 0.25) is 20.1 Å². The van der Waals surface area contributed by atoms with Crippen molar-refractivity contribution in [3.05, 3.63) is 91.4 Å². The van der Waals surface area contributed by atoms with E-state index in [-0.39, 0.29) is 37.5 Å². The zero-order valence-electron chi connectivity index (χ0n) is 14.3. The molecule has 3 N–H and O–H groups in total. The summed E-state index contributed by atoms with van der Waals surface area (Å²) < 4.78 is 34.1. The van der Waals surface area contributed by atoms with E-state index in [9.17, 15) is 23.2 Å². The second kappa shape index (κ2) is 7.87. The third-order valence-electron chi connectivity index (χ3n) is 4.43. The molecule has 0 saturated heterocycles. The van der Waals surface area contributed by atoms with Crippen LogP contribution in [0.1, 0.15) is 16.7 Å². The highest BCUT2D eigenvalue weighted by atomic mass is 35.5. The van der Waals surface area contributed by atoms with E-state index in [2.05, 4.69) is 0 Å². The Kier molecular flexibility index (Phi) is 5.98. The standard InChI is InChI=1S/C19H12Cl4O5S/c20-12-5-1-10(2-6-12)19(29(26,27)28,11-3-7-13(24)8-4-11)14-9-15(21)18(25)17(23)16(14)22/h1-9,24-25H,(H,26,27,28). The van der Waals surface area contributed by atoms with E-state index in [0.29, 0.717) is 5.02 Å². The summed E-state index contributed by atoms with van der Waals surface area (Å²) in [5.41, 5.74) is -0.0721. The van der Waals surface area contributed by atoms with Gasteiger partial charge in [-0.3, -0.25) is 4.55 Å². The number of hydrogen-bond acceptors (Lipinski definition) is 4. The predicted octanol–water partition coefficient (Wildman–Crippen LogP) is 5.89. The number of benzene rings is 3. The molecule has 29 heavy (non-hydrogen) atoms. The van der Waals surface area contributed by atoms with Gasteiger partial charge in [0.25, 0.3) is 10.1 Å². The van der Waals surface area contributed by atoms with Gasteiger partial charge in [0.2, 0.25) is 0 Å². The van der Waals surface area contributed by atoms with Crippen LogP contribution in [0.25, 0.3) is 0 Å². The van der Waals surface area contributed by atoms with Crippen molar-refractivity contribution < 1.29 is 23.2 Å². The molecule has 3 rings (SSSR count). The van der Waals surface area contributed by atoms with E-state index in [1.807, 2.05) is 0 Å². The molecule has 0 amide bonds. The van der Waals surface area contributed by atoms with Gasteiger partial charge in [0, 0.05) is 10.6 Å². The van der Waals surface area contributed by atoms with Crippen LogP contribution in [-0.4, -0.2) is 23.2 Å². The first-order valence-corrected chi connectivity index (χ1v) is 10.8. The lowest BCUT2D eigenvalue weighted by Crippen LogP contribution is -2.38. The number of hydrogen-bond donors (Lipinski definition) is 3. The van der Waals surface area contributed by atoms with E-state index >= 15 is 0 Å². The Labute approximate surface area is 186 Å². The third-order valence-corrected chi connectivity index (χ3v) is 7.29. The van der Waals surface area contributed by atoms with Crippen LogP contribution in [-0.2, 0) is 14.9 Å². The first-order chi connectivity index (χ1) is 13.5. The Morgan fingerprint density at radius 1 is 0.759 bits per heavy atom. The second-order valence-corrected chi connectivity index (χ2v) is 9.25. The summed E-state index contributed by atoms with van der Waals surface area (Å²) in [6.45, 7) is 0. The Balaban J connectivity index is 2.57. The second-order valence-electron chi connectivity index (χ2n) is 6.09. The van der Waals surface area contributed by atoms with Crippen molar-refractivity contribution in [2.45, 2.75) is 4.75 Å². The maximum atomic E-state index is 12.9. The van der Waals surface area contributed by atoms with Gasteiger partial charge in [-0.2, -0.15) is 8.42 Å². The molecular formula is C19H12Cl4O5S. The van der Waals surface area contributed by atoms with Gasteiger partial charge in [0.05, 0.1) is 10.0 Å². The Bertz CT molecular complexity index is 1130. The fraction of sp³-hybridized carbons (Fsp3) is 0.0526. The van der Waals surface area contributed by atoms with E-state index in [4.69, 9.17) is 46.4 Å². The predicted molar refractivity (Wildman–Crippen MR) is 114 cm³/mol. The molecule has 0 spiro atoms. The van der Waals surface area contributed by atoms with Crippen LogP contribution in [0.15, 0.2) is 54.6 Å². The molecule has 3 aromatic carbocycles. The number of halogens is 4. The Hall–Kier alpha value is -1.67. The minimum atomic E-state index is -4.99. The molecule has 0 aliphatic heterocycles. The average Bonchev–Trinajstić information content (AvgIpc) is 2.66. The zero-order valence-corrected chi connectivity index (χ0v) is 18.1. The maximum absolute atomic E-state index is 12.9. The van der Waals surface area contributed by atoms with Crippen LogP contribution in [0.3, 0.4) is 0 Å². The molecule has 10 heteroatoms. The van der Waals surface area contributed by atoms with Crippen LogP contribution < -0.4 is 0 Å². The van der Waals surface area contributed by atoms with Gasteiger partial charge in [-0.1, -0.05) is 70.7 Å². The normalized spacial score (nSPS) is 13.8. The van der Waals surface area contributed by atoms with Crippen LogP contribution in [0.5, 0.6) is 11.5 Å². The monoisotopic (exact) mass is 492 g/mol. The van der Waals surface area contributed by atoms with Crippen molar-refractivity contribution >= 4 is 56.5 Å². The number of rotatable bonds is 4. The van der Waals surface area contributed by atoms with E-state index in [1.165, 1.54) is 48.5 Å². The molecule has 0 aliphatic carbocycles. The van der Waals surface area contributed by atoms with Gasteiger partial charge in [-0.25, -0.2) is 0 Å². The average molecular weight is 494 g/mol. The van der Waals surface area contributed by atoms with E-state index in [1.54, 1.807) is 0 Å². The summed E-state index contributed by atoms with van der Waals surface area (Å²) in [6, 6.07) is 11.9. The Morgan fingerprint density at radius 2 is 1.24 bits per heavy atom. The fourth-order valence-corrected chi connectivity index (χ4v) is 5.37. The van der Waals surface area contributed by atoms with E-state index < -0.39 is 20.6 Å². The Morgan fingerprint density at radius 3 is 1.72 bits per heavy atom. The molecule has 0 heterocycles. The van der Waals surface area contributed by atoms with E-state index in [0.717, 1.165) is 6.07 Å². The highest BCUT2D eigenvalue weighted by Crippen LogP contribution is 2.51. The van der Waals surface area contributed by atoms with Crippen molar-refractivity contribution in [1.82, 2.24) is 0 Å². The van der Waals surface area contributed by atoms with Crippen LogP contribution >= 0.6 is 46.4 Å². The molecule has 1 atom stereocenters. The van der Waals surface area contributed by atoms with Gasteiger partial charge in [-0.05, 0) is 41.5 Å². The molecule has 0 fully saturated rings. The summed E-state index contributed by atoms with van der Waals surface area (Å²) in [5, 5.41) is 19.0. The molecule has 3 aromatic rings. The molecule has 5 nitrogen and oxygen atoms in total. The smallest absolute Gasteiger partial charge is 0.283 e. The fourth-order valence-electron chi connectivity index (χ4n) is 3.14. The summed E-state index contributed by atoms with van der Waals surface area (Å²) in [5.74, 6) is -0.657. The molecule has 0 bridgehead atoms. The number of phenols is 2. The van der Waals surface area contributed by atoms with Crippen molar-refractivity contribution in [2.75, 3.05) is 0 Å². The molecule has 0 radical (unpaired) electrons. The molecule has 1 unspecified atom stereocenters. The summed E-state index contributed by atoms with van der Waals surface area (Å²) in [6.07, 6.45) is 0. The topological polar surface area (TPSA) is 94.8 Å². The number of phenolic OH excluding ortho intramolecular Hbond substituents is 2. The lowest BCUT2D eigenvalue weighted by atomic mass is 9.83. The molecule has 0 aromatic heterocycles. The van der Waals surface area contributed by atoms with Crippen molar-refractivity contribution in [3.63, 3.8) is 0 Å². The molecule has 0 saturated carbocycles. The molecular weight excluding hydrogens is 482 g/mol. The van der Waals surface area contributed by atoms with Gasteiger partial charge < -0.3 is 10.2 Å². The first-order valence-electron chi connectivity index (χ1n) is 7.89. The number of aromatic hydroxyl groups is 2. The SMILES string of the molecule is O=S(=O)(O)C(c1ccc(O)cc1)(c1ccc(Cl)cc1)c1cc(Cl)c(O)c(Cl)c1Cl. The quantitative estimate of drug-likeness (QED) is 0.239. The third kappa shape index (κ3) is 3.65. The van der Waals surface area contributed by atoms with Gasteiger partial charge in [0.15, 0.2) is 10.5 Å². The van der Waals surface area contributed by atoms with Crippen molar-refractivity contribution in [1.29, 1.82) is 0 Å². The molecule has 152 valence electrons. The van der Waals surface area contributed by atoms with Gasteiger partial charge in [-0.15, -0.1) is 0 Å². The minimum absolute atomic E-state index is 0.0415. The van der Waals surface area contributed by atoms with Crippen molar-refractivity contribution in [2.24, 2.45) is 0 Å². The highest BCUT2D eigenvalue weighted by Gasteiger charge is 2.50. The first kappa shape index (κ1) is 22.0. The van der Waals surface area contributed by atoms with Crippen molar-refractivity contribution in [3.8, 4) is 11.5 Å². The van der Waals surface area contributed by atoms with Gasteiger partial charge >= 0.3 is 0 Å². The highest BCUT2D eigenvalue weighted by molar-refractivity contribution is 7.87. The van der Waals surface area contributed by atoms with Gasteiger partial charge in [0.1, 0.15) is 10.8 Å². The maximum Gasteiger partial charge on any atom is 0.283 e. The lowest BCUT2D eigenvalue weighted by Gasteiger charge is -2.33. The lowest BCUT2D eigenvalue weighted by molar-refractivity contribution is 0.456. The summed E-state index contributed by atoms with van der Waals surface area (Å²) in [7, 11) is -4.99. The van der Waals surface area contributed by atoms with Crippen LogP contribution in [0, 0.1) is 0 Å². The summed E-state index contributed by atoms with van der Waals surface area (Å²) in [4.78, 5) is 0. The zero-order chi connectivity index (χ0) is 21.6. The minimum Gasteiger partial charge on any atom is -0.508 e. The largest absolute Gasteiger partial charge is 0.508 e.